The summed E-state index contributed by atoms with van der Waals surface area (Å²) in [5.74, 6) is -0.0370. The number of sulfone groups is 1. The highest BCUT2D eigenvalue weighted by Crippen LogP contribution is 2.14. The fourth-order valence-electron chi connectivity index (χ4n) is 2.45. The normalized spacial score (nSPS) is 20.0. The lowest BCUT2D eigenvalue weighted by Crippen LogP contribution is -2.42. The van der Waals surface area contributed by atoms with Gasteiger partial charge in [0.25, 0.3) is 5.91 Å². The molecule has 6 nitrogen and oxygen atoms in total. The van der Waals surface area contributed by atoms with Gasteiger partial charge in [0, 0.05) is 11.8 Å². The van der Waals surface area contributed by atoms with Crippen LogP contribution in [0.2, 0.25) is 0 Å². The Labute approximate surface area is 152 Å². The second kappa shape index (κ2) is 8.71. The summed E-state index contributed by atoms with van der Waals surface area (Å²) in [5, 5.41) is 2.62. The van der Waals surface area contributed by atoms with Crippen LogP contribution in [0.3, 0.4) is 0 Å². The van der Waals surface area contributed by atoms with Gasteiger partial charge in [-0.05, 0) is 25.8 Å². The zero-order valence-corrected chi connectivity index (χ0v) is 16.0. The van der Waals surface area contributed by atoms with Crippen LogP contribution in [0.5, 0.6) is 0 Å². The molecule has 2 rings (SSSR count). The molecule has 1 fully saturated rings. The average molecular weight is 386 g/mol. The van der Waals surface area contributed by atoms with Crippen molar-refractivity contribution in [1.82, 2.24) is 5.32 Å². The van der Waals surface area contributed by atoms with E-state index in [0.29, 0.717) is 12.2 Å². The minimum absolute atomic E-state index is 0.0498. The smallest absolute Gasteiger partial charge is 0.316 e. The first kappa shape index (κ1) is 19.8. The van der Waals surface area contributed by atoms with Crippen molar-refractivity contribution in [2.75, 3.05) is 17.3 Å². The van der Waals surface area contributed by atoms with E-state index >= 15 is 0 Å². The minimum Gasteiger partial charge on any atom is -0.452 e. The molecular weight excluding hydrogens is 362 g/mol. The van der Waals surface area contributed by atoms with Crippen LogP contribution in [0.4, 0.5) is 0 Å². The van der Waals surface area contributed by atoms with Crippen LogP contribution in [-0.2, 0) is 29.9 Å². The molecule has 138 valence electrons. The lowest BCUT2D eigenvalue weighted by Gasteiger charge is -2.16. The number of rotatable bonds is 7. The van der Waals surface area contributed by atoms with Crippen molar-refractivity contribution in [3.63, 3.8) is 0 Å². The fourth-order valence-corrected chi connectivity index (χ4v) is 4.89. The van der Waals surface area contributed by atoms with Gasteiger partial charge < -0.3 is 10.1 Å². The Balaban J connectivity index is 1.68. The molecule has 1 aliphatic rings. The van der Waals surface area contributed by atoms with Gasteiger partial charge in [0.1, 0.15) is 0 Å². The summed E-state index contributed by atoms with van der Waals surface area (Å²) in [6.07, 6.45) is -0.531. The first-order chi connectivity index (χ1) is 11.7. The van der Waals surface area contributed by atoms with Crippen LogP contribution in [0.1, 0.15) is 24.5 Å². The first-order valence-electron chi connectivity index (χ1n) is 8.09. The largest absolute Gasteiger partial charge is 0.452 e. The molecule has 1 saturated heterocycles. The Morgan fingerprint density at radius 2 is 2.00 bits per heavy atom. The molecule has 0 spiro atoms. The minimum atomic E-state index is -3.06. The number of ether oxygens (including phenoxy) is 1. The van der Waals surface area contributed by atoms with E-state index in [2.05, 4.69) is 5.32 Å². The molecule has 0 saturated carbocycles. The summed E-state index contributed by atoms with van der Waals surface area (Å²) >= 11 is 1.42. The van der Waals surface area contributed by atoms with Gasteiger partial charge in [-0.3, -0.25) is 9.59 Å². The van der Waals surface area contributed by atoms with Crippen LogP contribution >= 0.6 is 11.8 Å². The molecule has 1 aromatic rings. The zero-order valence-electron chi connectivity index (χ0n) is 14.4. The van der Waals surface area contributed by atoms with Crippen molar-refractivity contribution in [2.24, 2.45) is 0 Å². The molecule has 1 amide bonds. The van der Waals surface area contributed by atoms with Gasteiger partial charge in [0.05, 0.1) is 17.3 Å². The molecule has 1 aliphatic heterocycles. The van der Waals surface area contributed by atoms with Gasteiger partial charge in [-0.25, -0.2) is 8.42 Å². The van der Waals surface area contributed by atoms with Crippen LogP contribution in [0.15, 0.2) is 24.3 Å². The second-order valence-corrected chi connectivity index (χ2v) is 9.43. The first-order valence-corrected chi connectivity index (χ1v) is 11.1. The van der Waals surface area contributed by atoms with Crippen molar-refractivity contribution in [3.05, 3.63) is 35.4 Å². The Morgan fingerprint density at radius 3 is 2.60 bits per heavy atom. The summed E-state index contributed by atoms with van der Waals surface area (Å²) in [6.45, 7) is 3.50. The van der Waals surface area contributed by atoms with E-state index in [1.54, 1.807) is 0 Å². The van der Waals surface area contributed by atoms with E-state index in [1.165, 1.54) is 24.2 Å². The molecule has 1 aromatic carbocycles. The molecule has 1 N–H and O–H groups in total. The third-order valence-corrected chi connectivity index (χ3v) is 6.61. The Bertz CT molecular complexity index is 715. The van der Waals surface area contributed by atoms with Crippen LogP contribution in [0.25, 0.3) is 0 Å². The number of nitrogens with one attached hydrogen (secondary N) is 1. The number of aryl methyl sites for hydroxylation is 1. The van der Waals surface area contributed by atoms with Crippen molar-refractivity contribution < 1.29 is 22.7 Å². The second-order valence-electron chi connectivity index (χ2n) is 6.22. The highest BCUT2D eigenvalue weighted by molar-refractivity contribution is 7.99. The molecular formula is C17H23NO5S2. The number of esters is 1. The molecule has 0 unspecified atom stereocenters. The number of hydrogen-bond acceptors (Lipinski definition) is 6. The van der Waals surface area contributed by atoms with Crippen LogP contribution < -0.4 is 5.32 Å². The SMILES string of the molecule is Cc1ccc(CSCC(=O)O[C@@H](C)C(=O)N[C@@H]2CCS(=O)(=O)C2)cc1. The Kier molecular flexibility index (Phi) is 6.89. The standard InChI is InChI=1S/C17H23NO5S2/c1-12-3-5-14(6-4-12)9-24-10-16(19)23-13(2)17(20)18-15-7-8-25(21,22)11-15/h3-6,13,15H,7-11H2,1-2H3,(H,18,20)/t13-,15+/m0/s1. The third kappa shape index (κ3) is 6.70. The summed E-state index contributed by atoms with van der Waals surface area (Å²) in [6, 6.07) is 7.67. The number of carbonyl (C=O) groups is 2. The van der Waals surface area contributed by atoms with E-state index in [4.69, 9.17) is 4.74 Å². The summed E-state index contributed by atoms with van der Waals surface area (Å²) in [4.78, 5) is 23.8. The van der Waals surface area contributed by atoms with Gasteiger partial charge in [-0.15, -0.1) is 11.8 Å². The number of thioether (sulfide) groups is 1. The molecule has 8 heteroatoms. The Hall–Kier alpha value is -1.54. The van der Waals surface area contributed by atoms with E-state index in [1.807, 2.05) is 31.2 Å². The van der Waals surface area contributed by atoms with Crippen molar-refractivity contribution in [3.8, 4) is 0 Å². The molecule has 0 bridgehead atoms. The highest BCUT2D eigenvalue weighted by atomic mass is 32.2. The Morgan fingerprint density at radius 1 is 1.32 bits per heavy atom. The maximum Gasteiger partial charge on any atom is 0.316 e. The van der Waals surface area contributed by atoms with Gasteiger partial charge in [-0.1, -0.05) is 29.8 Å². The monoisotopic (exact) mass is 385 g/mol. The number of carbonyl (C=O) groups excluding carboxylic acids is 2. The number of hydrogen-bond donors (Lipinski definition) is 1. The van der Waals surface area contributed by atoms with Gasteiger partial charge in [0.2, 0.25) is 0 Å². The van der Waals surface area contributed by atoms with Gasteiger partial charge in [0.15, 0.2) is 15.9 Å². The lowest BCUT2D eigenvalue weighted by atomic mass is 10.2. The third-order valence-electron chi connectivity index (χ3n) is 3.87. The van der Waals surface area contributed by atoms with Crippen molar-refractivity contribution >= 4 is 33.5 Å². The maximum atomic E-state index is 12.0. The average Bonchev–Trinajstić information content (AvgIpc) is 2.88. The van der Waals surface area contributed by atoms with Crippen molar-refractivity contribution in [1.29, 1.82) is 0 Å². The maximum absolute atomic E-state index is 12.0. The van der Waals surface area contributed by atoms with E-state index in [9.17, 15) is 18.0 Å². The number of amides is 1. The summed E-state index contributed by atoms with van der Waals surface area (Å²) < 4.78 is 27.9. The van der Waals surface area contributed by atoms with Crippen LogP contribution in [0, 0.1) is 6.92 Å². The molecule has 0 aliphatic carbocycles. The van der Waals surface area contributed by atoms with Gasteiger partial charge in [-0.2, -0.15) is 0 Å². The highest BCUT2D eigenvalue weighted by Gasteiger charge is 2.30. The predicted molar refractivity (Wildman–Crippen MR) is 98.1 cm³/mol. The molecule has 2 atom stereocenters. The predicted octanol–water partition coefficient (Wildman–Crippen LogP) is 1.46. The molecule has 25 heavy (non-hydrogen) atoms. The zero-order chi connectivity index (χ0) is 18.4. The van der Waals surface area contributed by atoms with E-state index < -0.39 is 33.9 Å². The van der Waals surface area contributed by atoms with Gasteiger partial charge >= 0.3 is 5.97 Å². The number of benzene rings is 1. The van der Waals surface area contributed by atoms with E-state index in [-0.39, 0.29) is 17.3 Å². The summed E-state index contributed by atoms with van der Waals surface area (Å²) in [5.41, 5.74) is 2.31. The van der Waals surface area contributed by atoms with Crippen molar-refractivity contribution in [2.45, 2.75) is 38.2 Å². The van der Waals surface area contributed by atoms with E-state index in [0.717, 1.165) is 5.56 Å². The molecule has 1 heterocycles. The summed E-state index contributed by atoms with van der Waals surface area (Å²) in [7, 11) is -3.06. The topological polar surface area (TPSA) is 89.5 Å². The van der Waals surface area contributed by atoms with Crippen LogP contribution in [-0.4, -0.2) is 49.7 Å². The lowest BCUT2D eigenvalue weighted by molar-refractivity contribution is -0.152. The quantitative estimate of drug-likeness (QED) is 0.715. The fraction of sp³-hybridized carbons (Fsp3) is 0.529. The molecule has 0 aromatic heterocycles. The molecule has 0 radical (unpaired) electrons.